The molecule has 0 N–H and O–H groups in total. The maximum Gasteiger partial charge on any atom is 0.251 e. The lowest BCUT2D eigenvalue weighted by Crippen LogP contribution is -2.48. The molecule has 1 aromatic heterocycles. The summed E-state index contributed by atoms with van der Waals surface area (Å²) in [5.41, 5.74) is 0. The molecule has 0 spiro atoms. The molecule has 0 bridgehead atoms. The fraction of sp³-hybridized carbons (Fsp3) is 0.667. The number of aromatic nitrogens is 2. The molecule has 21 heavy (non-hydrogen) atoms. The molecule has 3 rings (SSSR count). The van der Waals surface area contributed by atoms with Crippen LogP contribution in [0, 0.1) is 0 Å². The summed E-state index contributed by atoms with van der Waals surface area (Å²) in [5, 5.41) is 8.07. The molecule has 114 valence electrons. The van der Waals surface area contributed by atoms with Crippen molar-refractivity contribution in [1.29, 1.82) is 0 Å². The normalized spacial score (nSPS) is 23.3. The molecule has 2 saturated heterocycles. The first-order valence-corrected chi connectivity index (χ1v) is 7.66. The van der Waals surface area contributed by atoms with Gasteiger partial charge in [-0.1, -0.05) is 0 Å². The molecule has 1 amide bonds. The number of hydrogen-bond acceptors (Lipinski definition) is 5. The van der Waals surface area contributed by atoms with Crippen molar-refractivity contribution in [2.24, 2.45) is 0 Å². The zero-order chi connectivity index (χ0) is 14.7. The average molecular weight is 290 g/mol. The molecule has 3 heterocycles. The van der Waals surface area contributed by atoms with E-state index >= 15 is 0 Å². The molecule has 6 nitrogen and oxygen atoms in total. The summed E-state index contributed by atoms with van der Waals surface area (Å²) in [7, 11) is 2.05. The Morgan fingerprint density at radius 1 is 1.38 bits per heavy atom. The van der Waals surface area contributed by atoms with E-state index in [1.54, 1.807) is 6.20 Å². The Labute approximate surface area is 125 Å². The number of ether oxygens (including phenoxy) is 1. The number of nitrogens with zero attached hydrogens (tertiary/aromatic N) is 4. The largest absolute Gasteiger partial charge is 0.368 e. The van der Waals surface area contributed by atoms with Crippen molar-refractivity contribution < 1.29 is 9.53 Å². The first-order valence-electron chi connectivity index (χ1n) is 7.66. The second kappa shape index (κ2) is 6.39. The van der Waals surface area contributed by atoms with Crippen molar-refractivity contribution in [3.05, 3.63) is 18.3 Å². The van der Waals surface area contributed by atoms with Crippen LogP contribution in [-0.2, 0) is 9.53 Å². The molecule has 0 aromatic carbocycles. The third-order valence-corrected chi connectivity index (χ3v) is 4.45. The highest BCUT2D eigenvalue weighted by Crippen LogP contribution is 2.22. The standard InChI is InChI=1S/C15H22N4O2/c1-18(14-5-2-8-16-17-14)12-6-9-19(10-7-12)15(20)13-4-3-11-21-13/h2,5,8,12-13H,3-4,6-7,9-11H2,1H3/t13-/m1/s1. The van der Waals surface area contributed by atoms with E-state index in [1.165, 1.54) is 0 Å². The van der Waals surface area contributed by atoms with Crippen molar-refractivity contribution >= 4 is 11.7 Å². The Morgan fingerprint density at radius 3 is 2.81 bits per heavy atom. The van der Waals surface area contributed by atoms with Gasteiger partial charge in [0.25, 0.3) is 5.91 Å². The van der Waals surface area contributed by atoms with Crippen LogP contribution in [0.25, 0.3) is 0 Å². The Balaban J connectivity index is 1.54. The molecule has 1 aromatic rings. The maximum atomic E-state index is 12.3. The fourth-order valence-electron chi connectivity index (χ4n) is 3.12. The van der Waals surface area contributed by atoms with Crippen LogP contribution in [0.5, 0.6) is 0 Å². The van der Waals surface area contributed by atoms with Crippen LogP contribution < -0.4 is 4.90 Å². The summed E-state index contributed by atoms with van der Waals surface area (Å²) in [4.78, 5) is 16.4. The highest BCUT2D eigenvalue weighted by Gasteiger charge is 2.31. The van der Waals surface area contributed by atoms with Crippen molar-refractivity contribution in [2.75, 3.05) is 31.6 Å². The number of anilines is 1. The van der Waals surface area contributed by atoms with E-state index in [9.17, 15) is 4.79 Å². The Bertz CT molecular complexity index is 468. The summed E-state index contributed by atoms with van der Waals surface area (Å²) >= 11 is 0. The van der Waals surface area contributed by atoms with E-state index in [1.807, 2.05) is 24.1 Å². The van der Waals surface area contributed by atoms with Gasteiger partial charge in [-0.2, -0.15) is 5.10 Å². The van der Waals surface area contributed by atoms with Gasteiger partial charge in [0.1, 0.15) is 6.10 Å². The predicted octanol–water partition coefficient (Wildman–Crippen LogP) is 1.08. The molecule has 0 radical (unpaired) electrons. The minimum absolute atomic E-state index is 0.174. The third kappa shape index (κ3) is 3.15. The van der Waals surface area contributed by atoms with E-state index < -0.39 is 0 Å². The average Bonchev–Trinajstić information content (AvgIpc) is 3.09. The smallest absolute Gasteiger partial charge is 0.251 e. The van der Waals surface area contributed by atoms with E-state index in [4.69, 9.17) is 4.74 Å². The number of carbonyl (C=O) groups excluding carboxylic acids is 1. The highest BCUT2D eigenvalue weighted by atomic mass is 16.5. The Morgan fingerprint density at radius 2 is 2.19 bits per heavy atom. The van der Waals surface area contributed by atoms with Gasteiger partial charge in [0.2, 0.25) is 0 Å². The van der Waals surface area contributed by atoms with E-state index in [0.29, 0.717) is 6.04 Å². The summed E-state index contributed by atoms with van der Waals surface area (Å²) < 4.78 is 5.49. The zero-order valence-electron chi connectivity index (χ0n) is 12.4. The lowest BCUT2D eigenvalue weighted by atomic mass is 10.0. The lowest BCUT2D eigenvalue weighted by Gasteiger charge is -2.37. The minimum atomic E-state index is -0.195. The molecule has 2 fully saturated rings. The van der Waals surface area contributed by atoms with Crippen molar-refractivity contribution in [2.45, 2.75) is 37.8 Å². The monoisotopic (exact) mass is 290 g/mol. The molecule has 1 atom stereocenters. The third-order valence-electron chi connectivity index (χ3n) is 4.45. The van der Waals surface area contributed by atoms with Gasteiger partial charge in [0.05, 0.1) is 0 Å². The highest BCUT2D eigenvalue weighted by molar-refractivity contribution is 5.81. The van der Waals surface area contributed by atoms with Crippen molar-refractivity contribution in [1.82, 2.24) is 15.1 Å². The van der Waals surface area contributed by atoms with Gasteiger partial charge in [-0.3, -0.25) is 4.79 Å². The molecule has 2 aliphatic heterocycles. The van der Waals surface area contributed by atoms with Crippen LogP contribution in [0.3, 0.4) is 0 Å². The van der Waals surface area contributed by atoms with E-state index in [2.05, 4.69) is 15.1 Å². The molecule has 0 aliphatic carbocycles. The van der Waals surface area contributed by atoms with Gasteiger partial charge in [-0.25, -0.2) is 0 Å². The summed E-state index contributed by atoms with van der Waals surface area (Å²) in [6, 6.07) is 4.28. The predicted molar refractivity (Wildman–Crippen MR) is 79.0 cm³/mol. The topological polar surface area (TPSA) is 58.6 Å². The number of amides is 1. The van der Waals surface area contributed by atoms with Crippen LogP contribution >= 0.6 is 0 Å². The molecule has 6 heteroatoms. The summed E-state index contributed by atoms with van der Waals surface area (Å²) in [6.07, 6.45) is 5.29. The van der Waals surface area contributed by atoms with Gasteiger partial charge >= 0.3 is 0 Å². The molecule has 0 saturated carbocycles. The fourth-order valence-corrected chi connectivity index (χ4v) is 3.12. The van der Waals surface area contributed by atoms with Gasteiger partial charge < -0.3 is 14.5 Å². The summed E-state index contributed by atoms with van der Waals surface area (Å²) in [6.45, 7) is 2.32. The van der Waals surface area contributed by atoms with Crippen LogP contribution in [0.4, 0.5) is 5.82 Å². The van der Waals surface area contributed by atoms with Crippen LogP contribution in [0.2, 0.25) is 0 Å². The molecular formula is C15H22N4O2. The maximum absolute atomic E-state index is 12.3. The first-order chi connectivity index (χ1) is 10.3. The number of rotatable bonds is 3. The van der Waals surface area contributed by atoms with Crippen LogP contribution in [-0.4, -0.2) is 59.9 Å². The van der Waals surface area contributed by atoms with Gasteiger partial charge in [0.15, 0.2) is 5.82 Å². The number of hydrogen-bond donors (Lipinski definition) is 0. The second-order valence-electron chi connectivity index (χ2n) is 5.75. The van der Waals surface area contributed by atoms with Crippen molar-refractivity contribution in [3.63, 3.8) is 0 Å². The molecule has 0 unspecified atom stereocenters. The first kappa shape index (κ1) is 14.3. The summed E-state index contributed by atoms with van der Waals surface area (Å²) in [5.74, 6) is 1.06. The second-order valence-corrected chi connectivity index (χ2v) is 5.75. The Hall–Kier alpha value is -1.69. The Kier molecular flexibility index (Phi) is 4.34. The van der Waals surface area contributed by atoms with Crippen LogP contribution in [0.1, 0.15) is 25.7 Å². The number of piperidine rings is 1. The van der Waals surface area contributed by atoms with E-state index in [-0.39, 0.29) is 12.0 Å². The minimum Gasteiger partial charge on any atom is -0.368 e. The quantitative estimate of drug-likeness (QED) is 0.834. The van der Waals surface area contributed by atoms with Crippen molar-refractivity contribution in [3.8, 4) is 0 Å². The molecular weight excluding hydrogens is 268 g/mol. The zero-order valence-corrected chi connectivity index (χ0v) is 12.4. The lowest BCUT2D eigenvalue weighted by molar-refractivity contribution is -0.141. The van der Waals surface area contributed by atoms with Gasteiger partial charge in [-0.05, 0) is 37.8 Å². The molecule has 2 aliphatic rings. The van der Waals surface area contributed by atoms with Gasteiger partial charge in [-0.15, -0.1) is 5.10 Å². The number of carbonyl (C=O) groups is 1. The van der Waals surface area contributed by atoms with Crippen LogP contribution in [0.15, 0.2) is 18.3 Å². The number of likely N-dealkylation sites (tertiary alicyclic amines) is 1. The SMILES string of the molecule is CN(c1cccnn1)C1CCN(C(=O)[C@H]2CCCO2)CC1. The van der Waals surface area contributed by atoms with Gasteiger partial charge in [0, 0.05) is 39.0 Å². The van der Waals surface area contributed by atoms with E-state index in [0.717, 1.165) is 51.2 Å².